The Kier molecular flexibility index (Phi) is 5.39. The van der Waals surface area contributed by atoms with Gasteiger partial charge < -0.3 is 19.9 Å². The van der Waals surface area contributed by atoms with Gasteiger partial charge in [0.2, 0.25) is 11.2 Å². The van der Waals surface area contributed by atoms with Crippen LogP contribution in [-0.4, -0.2) is 50.5 Å². The van der Waals surface area contributed by atoms with Crippen LogP contribution in [0.25, 0.3) is 0 Å². The number of amides is 2. The maximum Gasteiger partial charge on any atom is 0.274 e. The number of aromatic hydroxyl groups is 1. The first kappa shape index (κ1) is 23.0. The van der Waals surface area contributed by atoms with Crippen LogP contribution in [0.2, 0.25) is 0 Å². The lowest BCUT2D eigenvalue weighted by atomic mass is 9.97. The summed E-state index contributed by atoms with van der Waals surface area (Å²) in [5.74, 6) is -2.02. The smallest absolute Gasteiger partial charge is 0.274 e. The normalized spacial score (nSPS) is 25.1. The topological polar surface area (TPSA) is 125 Å². The number of halogens is 1. The van der Waals surface area contributed by atoms with Crippen molar-refractivity contribution in [1.29, 1.82) is 0 Å². The number of amidine groups is 1. The van der Waals surface area contributed by atoms with Gasteiger partial charge in [0.05, 0.1) is 0 Å². The molecule has 1 spiro atoms. The SMILES string of the molecule is CC1=N[C@]2(CC[C@H](C)N3C[C@H]2n2cc(C(=O)NCc4ccc(C)cc4F)c(=O)c(O)c2C3=O)ON1. The summed E-state index contributed by atoms with van der Waals surface area (Å²) in [5.41, 5.74) is 1.14. The van der Waals surface area contributed by atoms with Gasteiger partial charge in [0.1, 0.15) is 23.3 Å². The molecule has 1 fully saturated rings. The quantitative estimate of drug-likeness (QED) is 0.611. The van der Waals surface area contributed by atoms with Crippen molar-refractivity contribution >= 4 is 17.6 Å². The Morgan fingerprint density at radius 2 is 2.14 bits per heavy atom. The number of hydrogen-bond acceptors (Lipinski definition) is 7. The van der Waals surface area contributed by atoms with E-state index in [0.717, 1.165) is 5.56 Å². The van der Waals surface area contributed by atoms with Crippen LogP contribution in [0.15, 0.2) is 34.2 Å². The number of aromatic nitrogens is 1. The van der Waals surface area contributed by atoms with Crippen molar-refractivity contribution in [3.8, 4) is 5.75 Å². The molecule has 10 nitrogen and oxygen atoms in total. The van der Waals surface area contributed by atoms with Crippen LogP contribution in [0, 0.1) is 12.7 Å². The second kappa shape index (κ2) is 8.19. The number of benzene rings is 1. The molecule has 3 N–H and O–H groups in total. The highest BCUT2D eigenvalue weighted by Crippen LogP contribution is 2.43. The van der Waals surface area contributed by atoms with Crippen molar-refractivity contribution in [2.75, 3.05) is 6.54 Å². The first-order valence-electron chi connectivity index (χ1n) is 11.4. The lowest BCUT2D eigenvalue weighted by molar-refractivity contribution is -0.0939. The molecule has 3 aliphatic rings. The maximum atomic E-state index is 14.2. The van der Waals surface area contributed by atoms with Gasteiger partial charge in [-0.15, -0.1) is 0 Å². The molecule has 2 bridgehead atoms. The van der Waals surface area contributed by atoms with E-state index in [0.29, 0.717) is 18.7 Å². The van der Waals surface area contributed by atoms with E-state index in [1.54, 1.807) is 30.9 Å². The Morgan fingerprint density at radius 1 is 1.37 bits per heavy atom. The maximum absolute atomic E-state index is 14.2. The summed E-state index contributed by atoms with van der Waals surface area (Å²) in [4.78, 5) is 51.3. The number of aliphatic imine (C=N–C) groups is 1. The zero-order valence-corrected chi connectivity index (χ0v) is 19.6. The van der Waals surface area contributed by atoms with Crippen LogP contribution in [-0.2, 0) is 11.4 Å². The van der Waals surface area contributed by atoms with E-state index in [4.69, 9.17) is 4.84 Å². The average Bonchev–Trinajstić information content (AvgIpc) is 3.14. The summed E-state index contributed by atoms with van der Waals surface area (Å²) in [6.45, 7) is 5.47. The molecule has 4 heterocycles. The molecule has 3 aliphatic heterocycles. The summed E-state index contributed by atoms with van der Waals surface area (Å²) in [6.07, 6.45) is 2.34. The number of pyridine rings is 1. The number of nitrogens with zero attached hydrogens (tertiary/aromatic N) is 3. The van der Waals surface area contributed by atoms with Gasteiger partial charge in [-0.2, -0.15) is 0 Å². The Hall–Kier alpha value is -3.73. The van der Waals surface area contributed by atoms with E-state index in [2.05, 4.69) is 15.8 Å². The Balaban J connectivity index is 1.56. The summed E-state index contributed by atoms with van der Waals surface area (Å²) in [7, 11) is 0. The van der Waals surface area contributed by atoms with Crippen molar-refractivity contribution < 1.29 is 23.9 Å². The summed E-state index contributed by atoms with van der Waals surface area (Å²) in [5, 5.41) is 13.3. The highest BCUT2D eigenvalue weighted by atomic mass is 19.1. The first-order valence-corrected chi connectivity index (χ1v) is 11.4. The summed E-state index contributed by atoms with van der Waals surface area (Å²) in [6, 6.07) is 3.85. The molecular formula is C24H26FN5O5. The van der Waals surface area contributed by atoms with Crippen molar-refractivity contribution in [2.45, 2.75) is 58.0 Å². The number of nitrogens with one attached hydrogen (secondary N) is 2. The average molecular weight is 484 g/mol. The minimum atomic E-state index is -1.08. The molecule has 0 saturated carbocycles. The van der Waals surface area contributed by atoms with E-state index >= 15 is 0 Å². The standard InChI is InChI=1S/C24H26FN5O5/c1-12-4-5-15(17(25)8-12)9-26-22(33)16-10-30-18-11-29(23(34)19(30)21(32)20(16)31)13(2)6-7-24(18)27-14(3)28-35-24/h4-5,8,10,13,18,32H,6-7,9,11H2,1-3H3,(H,26,33)(H,27,28)/t13-,18+,24+/m0/s1. The minimum Gasteiger partial charge on any atom is -0.503 e. The number of fused-ring (bicyclic) bond motifs is 5. The molecule has 35 heavy (non-hydrogen) atoms. The molecule has 1 aromatic carbocycles. The van der Waals surface area contributed by atoms with E-state index in [-0.39, 0.29) is 36.0 Å². The highest BCUT2D eigenvalue weighted by molar-refractivity contribution is 5.99. The molecule has 184 valence electrons. The van der Waals surface area contributed by atoms with Gasteiger partial charge in [0.15, 0.2) is 11.4 Å². The minimum absolute atomic E-state index is 0.152. The van der Waals surface area contributed by atoms with E-state index in [9.17, 15) is 23.9 Å². The molecule has 2 aromatic rings. The van der Waals surface area contributed by atoms with E-state index in [1.807, 2.05) is 6.92 Å². The van der Waals surface area contributed by atoms with Gasteiger partial charge in [-0.1, -0.05) is 12.1 Å². The second-order valence-corrected chi connectivity index (χ2v) is 9.36. The third kappa shape index (κ3) is 3.66. The highest BCUT2D eigenvalue weighted by Gasteiger charge is 2.53. The van der Waals surface area contributed by atoms with E-state index in [1.165, 1.54) is 16.8 Å². The first-order chi connectivity index (χ1) is 16.6. The fourth-order valence-electron chi connectivity index (χ4n) is 5.02. The van der Waals surface area contributed by atoms with Crippen molar-refractivity contribution in [3.63, 3.8) is 0 Å². The zero-order chi connectivity index (χ0) is 25.1. The number of aryl methyl sites for hydroxylation is 1. The van der Waals surface area contributed by atoms with Gasteiger partial charge >= 0.3 is 0 Å². The van der Waals surface area contributed by atoms with Crippen molar-refractivity contribution in [1.82, 2.24) is 20.3 Å². The van der Waals surface area contributed by atoms with Crippen LogP contribution >= 0.6 is 0 Å². The molecule has 11 heteroatoms. The zero-order valence-electron chi connectivity index (χ0n) is 19.6. The predicted molar refractivity (Wildman–Crippen MR) is 124 cm³/mol. The van der Waals surface area contributed by atoms with E-state index < -0.39 is 40.6 Å². The van der Waals surface area contributed by atoms with Crippen LogP contribution in [0.3, 0.4) is 0 Å². The van der Waals surface area contributed by atoms with Crippen LogP contribution in [0.4, 0.5) is 4.39 Å². The Morgan fingerprint density at radius 3 is 2.83 bits per heavy atom. The third-order valence-corrected chi connectivity index (χ3v) is 6.98. The van der Waals surface area contributed by atoms with Crippen LogP contribution < -0.4 is 16.2 Å². The van der Waals surface area contributed by atoms with Crippen molar-refractivity contribution in [2.24, 2.45) is 4.99 Å². The van der Waals surface area contributed by atoms with Gasteiger partial charge in [0, 0.05) is 37.3 Å². The van der Waals surface area contributed by atoms with Gasteiger partial charge in [-0.05, 0) is 38.8 Å². The second-order valence-electron chi connectivity index (χ2n) is 9.36. The molecule has 5 rings (SSSR count). The van der Waals surface area contributed by atoms with Crippen LogP contribution in [0.1, 0.15) is 64.7 Å². The predicted octanol–water partition coefficient (Wildman–Crippen LogP) is 1.76. The van der Waals surface area contributed by atoms with Crippen LogP contribution in [0.5, 0.6) is 5.75 Å². The molecule has 0 aliphatic carbocycles. The molecule has 0 radical (unpaired) electrons. The van der Waals surface area contributed by atoms with Crippen molar-refractivity contribution in [3.05, 3.63) is 62.8 Å². The number of hydroxylamine groups is 1. The van der Waals surface area contributed by atoms with Gasteiger partial charge in [-0.25, -0.2) is 14.2 Å². The molecule has 1 saturated heterocycles. The number of carbonyl (C=O) groups excluding carboxylic acids is 2. The molecule has 1 aromatic heterocycles. The summed E-state index contributed by atoms with van der Waals surface area (Å²) >= 11 is 0. The molecule has 0 unspecified atom stereocenters. The Bertz CT molecular complexity index is 1340. The fraction of sp³-hybridized carbons (Fsp3) is 0.417. The monoisotopic (exact) mass is 483 g/mol. The lowest BCUT2D eigenvalue weighted by Crippen LogP contribution is -2.52. The van der Waals surface area contributed by atoms with Gasteiger partial charge in [0.25, 0.3) is 11.8 Å². The molecular weight excluding hydrogens is 457 g/mol. The lowest BCUT2D eigenvalue weighted by Gasteiger charge is -2.40. The number of carbonyl (C=O) groups is 2. The third-order valence-electron chi connectivity index (χ3n) is 6.98. The fourth-order valence-corrected chi connectivity index (χ4v) is 5.02. The summed E-state index contributed by atoms with van der Waals surface area (Å²) < 4.78 is 15.6. The Labute approximate surface area is 200 Å². The largest absolute Gasteiger partial charge is 0.503 e. The molecule has 3 atom stereocenters. The molecule has 2 amide bonds. The number of rotatable bonds is 3. The van der Waals surface area contributed by atoms with Gasteiger partial charge in [-0.3, -0.25) is 19.9 Å². The number of hydrogen-bond donors (Lipinski definition) is 3.